The Kier molecular flexibility index (Phi) is 3.05. The van der Waals surface area contributed by atoms with Crippen LogP contribution in [0.2, 0.25) is 0 Å². The fraction of sp³-hybridized carbons (Fsp3) is 0.286. The number of nitrogens with one attached hydrogen (secondary N) is 1. The SMILES string of the molecule is CNCc1cn(Cc2nonc2C)c2ccccc12. The standard InChI is InChI=1S/C14H16N4O/c1-10-13(17-19-16-10)9-18-8-11(7-15-2)12-5-3-4-6-14(12)18/h3-6,8,15H,7,9H2,1-2H3. The molecule has 0 bridgehead atoms. The van der Waals surface area contributed by atoms with E-state index in [4.69, 9.17) is 4.63 Å². The molecule has 0 aliphatic rings. The first-order valence-electron chi connectivity index (χ1n) is 6.29. The van der Waals surface area contributed by atoms with Crippen molar-refractivity contribution in [3.63, 3.8) is 0 Å². The van der Waals surface area contributed by atoms with E-state index in [-0.39, 0.29) is 0 Å². The van der Waals surface area contributed by atoms with Crippen LogP contribution in [0.3, 0.4) is 0 Å². The molecule has 0 unspecified atom stereocenters. The molecule has 19 heavy (non-hydrogen) atoms. The van der Waals surface area contributed by atoms with Crippen LogP contribution in [0.15, 0.2) is 35.1 Å². The van der Waals surface area contributed by atoms with Crippen molar-refractivity contribution in [2.75, 3.05) is 7.05 Å². The Morgan fingerprint density at radius 2 is 2.11 bits per heavy atom. The molecule has 0 saturated heterocycles. The summed E-state index contributed by atoms with van der Waals surface area (Å²) in [7, 11) is 1.96. The molecule has 0 fully saturated rings. The summed E-state index contributed by atoms with van der Waals surface area (Å²) in [5.41, 5.74) is 4.20. The molecular weight excluding hydrogens is 240 g/mol. The second kappa shape index (κ2) is 4.85. The van der Waals surface area contributed by atoms with Crippen LogP contribution in [-0.2, 0) is 13.1 Å². The van der Waals surface area contributed by atoms with Gasteiger partial charge in [-0.15, -0.1) is 0 Å². The quantitative estimate of drug-likeness (QED) is 0.776. The normalized spacial score (nSPS) is 11.3. The van der Waals surface area contributed by atoms with Crippen LogP contribution in [0.4, 0.5) is 0 Å². The second-order valence-electron chi connectivity index (χ2n) is 4.63. The van der Waals surface area contributed by atoms with Gasteiger partial charge in [0.05, 0.1) is 6.54 Å². The molecule has 0 aliphatic carbocycles. The van der Waals surface area contributed by atoms with Crippen molar-refractivity contribution in [1.82, 2.24) is 20.2 Å². The van der Waals surface area contributed by atoms with Crippen molar-refractivity contribution < 1.29 is 4.63 Å². The summed E-state index contributed by atoms with van der Waals surface area (Å²) in [6.45, 7) is 3.44. The van der Waals surface area contributed by atoms with Gasteiger partial charge >= 0.3 is 0 Å². The van der Waals surface area contributed by atoms with E-state index in [0.717, 1.165) is 17.9 Å². The van der Waals surface area contributed by atoms with Gasteiger partial charge in [0.15, 0.2) is 0 Å². The van der Waals surface area contributed by atoms with Gasteiger partial charge in [-0.25, -0.2) is 4.63 Å². The summed E-state index contributed by atoms with van der Waals surface area (Å²) in [5.74, 6) is 0. The molecule has 3 aromatic rings. The third-order valence-electron chi connectivity index (χ3n) is 3.30. The Morgan fingerprint density at radius 1 is 1.26 bits per heavy atom. The first kappa shape index (κ1) is 11.9. The highest BCUT2D eigenvalue weighted by molar-refractivity contribution is 5.84. The lowest BCUT2D eigenvalue weighted by atomic mass is 10.2. The Bertz CT molecular complexity index is 698. The van der Waals surface area contributed by atoms with Crippen LogP contribution in [-0.4, -0.2) is 21.9 Å². The van der Waals surface area contributed by atoms with Crippen LogP contribution in [0.1, 0.15) is 17.0 Å². The van der Waals surface area contributed by atoms with Crippen molar-refractivity contribution >= 4 is 10.9 Å². The molecule has 3 rings (SSSR count). The predicted octanol–water partition coefficient (Wildman–Crippen LogP) is 2.10. The van der Waals surface area contributed by atoms with E-state index in [1.807, 2.05) is 14.0 Å². The molecule has 5 heteroatoms. The van der Waals surface area contributed by atoms with Crippen molar-refractivity contribution in [2.24, 2.45) is 0 Å². The molecule has 0 aliphatic heterocycles. The molecular formula is C14H16N4O. The third kappa shape index (κ3) is 2.13. The van der Waals surface area contributed by atoms with E-state index < -0.39 is 0 Å². The summed E-state index contributed by atoms with van der Waals surface area (Å²) < 4.78 is 6.95. The van der Waals surface area contributed by atoms with E-state index in [9.17, 15) is 0 Å². The van der Waals surface area contributed by atoms with E-state index in [2.05, 4.69) is 50.7 Å². The number of para-hydroxylation sites is 1. The van der Waals surface area contributed by atoms with Crippen LogP contribution >= 0.6 is 0 Å². The number of fused-ring (bicyclic) bond motifs is 1. The Hall–Kier alpha value is -2.14. The minimum Gasteiger partial charge on any atom is -0.341 e. The van der Waals surface area contributed by atoms with Gasteiger partial charge in [0.1, 0.15) is 11.4 Å². The first-order chi connectivity index (χ1) is 9.29. The van der Waals surface area contributed by atoms with Gasteiger partial charge in [-0.1, -0.05) is 28.5 Å². The highest BCUT2D eigenvalue weighted by atomic mass is 16.6. The van der Waals surface area contributed by atoms with Crippen molar-refractivity contribution in [3.05, 3.63) is 47.4 Å². The Balaban J connectivity index is 2.06. The molecule has 0 amide bonds. The summed E-state index contributed by atoms with van der Waals surface area (Å²) in [5, 5.41) is 12.2. The number of hydrogen-bond acceptors (Lipinski definition) is 4. The van der Waals surface area contributed by atoms with Gasteiger partial charge in [0.2, 0.25) is 0 Å². The summed E-state index contributed by atoms with van der Waals surface area (Å²) in [4.78, 5) is 0. The van der Waals surface area contributed by atoms with Crippen molar-refractivity contribution in [2.45, 2.75) is 20.0 Å². The third-order valence-corrected chi connectivity index (χ3v) is 3.30. The Morgan fingerprint density at radius 3 is 2.84 bits per heavy atom. The van der Waals surface area contributed by atoms with E-state index in [1.165, 1.54) is 16.5 Å². The summed E-state index contributed by atoms with van der Waals surface area (Å²) >= 11 is 0. The van der Waals surface area contributed by atoms with E-state index in [0.29, 0.717) is 6.54 Å². The molecule has 0 radical (unpaired) electrons. The molecule has 98 valence electrons. The number of rotatable bonds is 4. The number of benzene rings is 1. The predicted molar refractivity (Wildman–Crippen MR) is 72.8 cm³/mol. The van der Waals surface area contributed by atoms with Gasteiger partial charge < -0.3 is 9.88 Å². The Labute approximate surface area is 111 Å². The van der Waals surface area contributed by atoms with Gasteiger partial charge in [-0.2, -0.15) is 0 Å². The zero-order valence-electron chi connectivity index (χ0n) is 11.1. The molecule has 0 saturated carbocycles. The van der Waals surface area contributed by atoms with Gasteiger partial charge in [0, 0.05) is 23.6 Å². The van der Waals surface area contributed by atoms with Crippen LogP contribution in [0.5, 0.6) is 0 Å². The molecule has 2 heterocycles. The van der Waals surface area contributed by atoms with Gasteiger partial charge in [-0.05, 0) is 25.6 Å². The average Bonchev–Trinajstić information content (AvgIpc) is 2.97. The number of nitrogens with zero attached hydrogens (tertiary/aromatic N) is 3. The first-order valence-corrected chi connectivity index (χ1v) is 6.29. The van der Waals surface area contributed by atoms with Gasteiger partial charge in [0.25, 0.3) is 0 Å². The lowest BCUT2D eigenvalue weighted by Crippen LogP contribution is -2.04. The van der Waals surface area contributed by atoms with E-state index >= 15 is 0 Å². The lowest BCUT2D eigenvalue weighted by Gasteiger charge is -2.01. The zero-order chi connectivity index (χ0) is 13.2. The highest BCUT2D eigenvalue weighted by Crippen LogP contribution is 2.22. The second-order valence-corrected chi connectivity index (χ2v) is 4.63. The molecule has 2 aromatic heterocycles. The fourth-order valence-corrected chi connectivity index (χ4v) is 2.34. The average molecular weight is 256 g/mol. The van der Waals surface area contributed by atoms with Crippen molar-refractivity contribution in [1.29, 1.82) is 0 Å². The molecule has 1 N–H and O–H groups in total. The van der Waals surface area contributed by atoms with Crippen molar-refractivity contribution in [3.8, 4) is 0 Å². The highest BCUT2D eigenvalue weighted by Gasteiger charge is 2.11. The fourth-order valence-electron chi connectivity index (χ4n) is 2.34. The zero-order valence-corrected chi connectivity index (χ0v) is 11.1. The monoisotopic (exact) mass is 256 g/mol. The van der Waals surface area contributed by atoms with E-state index in [1.54, 1.807) is 0 Å². The number of aromatic nitrogens is 3. The topological polar surface area (TPSA) is 55.9 Å². The molecule has 0 spiro atoms. The maximum atomic E-state index is 4.76. The minimum absolute atomic E-state index is 0.680. The maximum absolute atomic E-state index is 4.76. The number of aryl methyl sites for hydroxylation is 1. The largest absolute Gasteiger partial charge is 0.341 e. The molecule has 1 aromatic carbocycles. The number of hydrogen-bond donors (Lipinski definition) is 1. The molecule has 0 atom stereocenters. The maximum Gasteiger partial charge on any atom is 0.127 e. The van der Waals surface area contributed by atoms with Gasteiger partial charge in [-0.3, -0.25) is 0 Å². The lowest BCUT2D eigenvalue weighted by molar-refractivity contribution is 0.300. The smallest absolute Gasteiger partial charge is 0.127 e. The van der Waals surface area contributed by atoms with Crippen LogP contribution in [0.25, 0.3) is 10.9 Å². The summed E-state index contributed by atoms with van der Waals surface area (Å²) in [6, 6.07) is 8.38. The minimum atomic E-state index is 0.680. The molecule has 5 nitrogen and oxygen atoms in total. The summed E-state index contributed by atoms with van der Waals surface area (Å²) in [6.07, 6.45) is 2.16. The van der Waals surface area contributed by atoms with Crippen LogP contribution < -0.4 is 5.32 Å². The van der Waals surface area contributed by atoms with Crippen LogP contribution in [0, 0.1) is 6.92 Å².